The number of thioether (sulfide) groups is 1. The standard InChI is InChI=1S/C19H26N2O7S/c1-18(21-19(20-2,13-29-18)17(23)24)15-5-4-14(12-16(15)22)28-11-10-27-9-8-26-7-6-25-3/h2,4-5,12,21H,6-11,13H2,1,3H3,(H-,22,23,24)/p+1/t18?,19-/m1/s1. The number of nitrogens with zero attached hydrogens (tertiary/aromatic N) is 1. The Labute approximate surface area is 174 Å². The Morgan fingerprint density at radius 2 is 1.90 bits per heavy atom. The number of benzene rings is 1. The Hall–Kier alpha value is -2.03. The summed E-state index contributed by atoms with van der Waals surface area (Å²) in [5.74, 6) is -0.569. The molecule has 0 saturated carbocycles. The maximum atomic E-state index is 11.5. The monoisotopic (exact) mass is 427 g/mol. The largest absolute Gasteiger partial charge is 0.507 e. The lowest BCUT2D eigenvalue weighted by molar-refractivity contribution is -0.142. The molecule has 1 unspecified atom stereocenters. The molecule has 0 aliphatic carbocycles. The van der Waals surface area contributed by atoms with E-state index in [1.54, 1.807) is 26.2 Å². The molecular formula is C19H27N2O7S+. The van der Waals surface area contributed by atoms with Gasteiger partial charge in [0.2, 0.25) is 0 Å². The van der Waals surface area contributed by atoms with Crippen LogP contribution in [-0.4, -0.2) is 74.3 Å². The zero-order chi connectivity index (χ0) is 21.3. The molecule has 29 heavy (non-hydrogen) atoms. The number of hydrogen-bond acceptors (Lipinski definition) is 8. The van der Waals surface area contributed by atoms with Crippen molar-refractivity contribution in [3.63, 3.8) is 0 Å². The van der Waals surface area contributed by atoms with Crippen molar-refractivity contribution >= 4 is 17.7 Å². The van der Waals surface area contributed by atoms with E-state index in [1.165, 1.54) is 17.8 Å². The van der Waals surface area contributed by atoms with E-state index in [2.05, 4.69) is 10.2 Å². The van der Waals surface area contributed by atoms with Crippen LogP contribution in [0, 0.1) is 6.57 Å². The van der Waals surface area contributed by atoms with E-state index in [1.807, 2.05) is 0 Å². The number of nitrogens with one attached hydrogen (secondary N) is 1. The molecule has 1 aliphatic rings. The van der Waals surface area contributed by atoms with Gasteiger partial charge >= 0.3 is 11.6 Å². The minimum absolute atomic E-state index is 0.0179. The highest BCUT2D eigenvalue weighted by Gasteiger charge is 2.61. The van der Waals surface area contributed by atoms with Gasteiger partial charge in [0, 0.05) is 18.7 Å². The van der Waals surface area contributed by atoms with Crippen molar-refractivity contribution in [2.45, 2.75) is 17.5 Å². The summed E-state index contributed by atoms with van der Waals surface area (Å²) in [5.41, 5.74) is -1.07. The highest BCUT2D eigenvalue weighted by Crippen LogP contribution is 2.47. The van der Waals surface area contributed by atoms with E-state index in [9.17, 15) is 15.0 Å². The van der Waals surface area contributed by atoms with Crippen LogP contribution < -0.4 is 10.1 Å². The molecule has 0 aromatic heterocycles. The minimum atomic E-state index is -1.59. The molecule has 1 aliphatic heterocycles. The summed E-state index contributed by atoms with van der Waals surface area (Å²) in [7, 11) is 1.62. The van der Waals surface area contributed by atoms with Crippen molar-refractivity contribution in [1.29, 1.82) is 0 Å². The summed E-state index contributed by atoms with van der Waals surface area (Å²) in [6.07, 6.45) is 0. The van der Waals surface area contributed by atoms with Crippen molar-refractivity contribution < 1.29 is 34.0 Å². The van der Waals surface area contributed by atoms with E-state index in [-0.39, 0.29) is 11.5 Å². The van der Waals surface area contributed by atoms with Crippen LogP contribution in [0.1, 0.15) is 12.5 Å². The molecule has 1 heterocycles. The molecule has 160 valence electrons. The molecule has 1 fully saturated rings. The summed E-state index contributed by atoms with van der Waals surface area (Å²) in [5, 5.41) is 22.8. The van der Waals surface area contributed by atoms with Crippen LogP contribution in [0.4, 0.5) is 0 Å². The fourth-order valence-electron chi connectivity index (χ4n) is 2.79. The van der Waals surface area contributed by atoms with Crippen LogP contribution in [0.2, 0.25) is 0 Å². The van der Waals surface area contributed by atoms with Gasteiger partial charge in [0.15, 0.2) is 0 Å². The van der Waals surface area contributed by atoms with Crippen molar-refractivity contribution in [3.05, 3.63) is 28.6 Å². The Kier molecular flexibility index (Phi) is 8.55. The Morgan fingerprint density at radius 3 is 2.45 bits per heavy atom. The number of hydrogen-bond donors (Lipinski definition) is 3. The molecule has 2 rings (SSSR count). The first kappa shape index (κ1) is 23.3. The zero-order valence-corrected chi connectivity index (χ0v) is 17.4. The number of carboxylic acids is 1. The maximum Gasteiger partial charge on any atom is 0.440 e. The zero-order valence-electron chi connectivity index (χ0n) is 16.6. The fraction of sp³-hybridized carbons (Fsp3) is 0.579. The van der Waals surface area contributed by atoms with Gasteiger partial charge in [0.25, 0.3) is 6.57 Å². The number of methoxy groups -OCH3 is 1. The predicted octanol–water partition coefficient (Wildman–Crippen LogP) is 1.70. The molecular weight excluding hydrogens is 400 g/mol. The second kappa shape index (κ2) is 10.7. The first-order chi connectivity index (χ1) is 13.9. The van der Waals surface area contributed by atoms with Crippen LogP contribution in [0.5, 0.6) is 11.5 Å². The van der Waals surface area contributed by atoms with Crippen molar-refractivity contribution in [1.82, 2.24) is 5.32 Å². The van der Waals surface area contributed by atoms with Crippen LogP contribution in [0.15, 0.2) is 18.2 Å². The number of ether oxygens (including phenoxy) is 4. The van der Waals surface area contributed by atoms with Gasteiger partial charge in [-0.2, -0.15) is 0 Å². The summed E-state index contributed by atoms with van der Waals surface area (Å²) in [6.45, 7) is 9.79. The van der Waals surface area contributed by atoms with Gasteiger partial charge < -0.3 is 29.2 Å². The van der Waals surface area contributed by atoms with Gasteiger partial charge in [0.1, 0.15) is 23.9 Å². The molecule has 1 aromatic rings. The second-order valence-corrected chi connectivity index (χ2v) is 7.88. The average Bonchev–Trinajstić information content (AvgIpc) is 3.06. The lowest BCUT2D eigenvalue weighted by atomic mass is 10.0. The molecule has 2 atom stereocenters. The Bertz CT molecular complexity index is 742. The van der Waals surface area contributed by atoms with Crippen LogP contribution in [0.3, 0.4) is 0 Å². The molecule has 9 nitrogen and oxygen atoms in total. The summed E-state index contributed by atoms with van der Waals surface area (Å²) < 4.78 is 21.1. The van der Waals surface area contributed by atoms with Crippen molar-refractivity contribution in [3.8, 4) is 18.1 Å². The number of phenolic OH excluding ortho intramolecular Hbond substituents is 1. The highest BCUT2D eigenvalue weighted by molar-refractivity contribution is 8.00. The topological polar surface area (TPSA) is 111 Å². The van der Waals surface area contributed by atoms with E-state index < -0.39 is 16.5 Å². The third kappa shape index (κ3) is 5.98. The number of carboxylic acid groups (broad SMARTS) is 1. The minimum Gasteiger partial charge on any atom is -0.507 e. The van der Waals surface area contributed by atoms with Gasteiger partial charge in [-0.1, -0.05) is 0 Å². The summed E-state index contributed by atoms with van der Waals surface area (Å²) >= 11 is 1.31. The third-order valence-electron chi connectivity index (χ3n) is 4.37. The van der Waals surface area contributed by atoms with Crippen molar-refractivity contribution in [2.75, 3.05) is 52.5 Å². The summed E-state index contributed by atoms with van der Waals surface area (Å²) in [6, 6.07) is 4.87. The molecule has 1 aromatic carbocycles. The van der Waals surface area contributed by atoms with Gasteiger partial charge in [-0.15, -0.1) is 11.8 Å². The quantitative estimate of drug-likeness (QED) is 0.429. The van der Waals surface area contributed by atoms with E-state index in [0.717, 1.165) is 0 Å². The third-order valence-corrected chi connectivity index (χ3v) is 5.83. The van der Waals surface area contributed by atoms with E-state index >= 15 is 0 Å². The first-order valence-corrected chi connectivity index (χ1v) is 10.0. The number of rotatable bonds is 12. The smallest absolute Gasteiger partial charge is 0.440 e. The van der Waals surface area contributed by atoms with Crippen LogP contribution >= 0.6 is 11.8 Å². The second-order valence-electron chi connectivity index (χ2n) is 6.49. The average molecular weight is 427 g/mol. The van der Waals surface area contributed by atoms with E-state index in [0.29, 0.717) is 51.0 Å². The highest BCUT2D eigenvalue weighted by atomic mass is 32.2. The van der Waals surface area contributed by atoms with Crippen LogP contribution in [0.25, 0.3) is 4.85 Å². The molecule has 0 amide bonds. The molecule has 3 N–H and O–H groups in total. The Balaban J connectivity index is 1.83. The first-order valence-electron chi connectivity index (χ1n) is 9.06. The Morgan fingerprint density at radius 1 is 1.24 bits per heavy atom. The number of aromatic hydroxyl groups is 1. The van der Waals surface area contributed by atoms with Gasteiger partial charge in [-0.05, 0) is 23.9 Å². The van der Waals surface area contributed by atoms with Gasteiger partial charge in [0.05, 0.1) is 37.9 Å². The molecule has 10 heteroatoms. The molecule has 0 radical (unpaired) electrons. The van der Waals surface area contributed by atoms with Crippen LogP contribution in [-0.2, 0) is 23.9 Å². The molecule has 0 spiro atoms. The summed E-state index contributed by atoms with van der Waals surface area (Å²) in [4.78, 5) is 14.2. The number of carbonyl (C=O) groups is 1. The number of aliphatic carboxylic acids is 1. The predicted molar refractivity (Wildman–Crippen MR) is 109 cm³/mol. The van der Waals surface area contributed by atoms with Gasteiger partial charge in [-0.3, -0.25) is 0 Å². The molecule has 0 bridgehead atoms. The maximum absolute atomic E-state index is 11.5. The normalized spacial score (nSPS) is 23.6. The number of phenols is 1. The van der Waals surface area contributed by atoms with Crippen molar-refractivity contribution in [2.24, 2.45) is 0 Å². The lowest BCUT2D eigenvalue weighted by Crippen LogP contribution is -2.51. The van der Waals surface area contributed by atoms with Gasteiger partial charge in [-0.25, -0.2) is 10.1 Å². The molecule has 1 saturated heterocycles. The fourth-order valence-corrected chi connectivity index (χ4v) is 4.12. The SMILES string of the molecule is C#[N+][C@]1(C(=O)O)CSC(C)(c2ccc(OCCOCCOCCOC)cc2O)N1. The van der Waals surface area contributed by atoms with E-state index in [4.69, 9.17) is 25.5 Å². The lowest BCUT2D eigenvalue weighted by Gasteiger charge is -2.25.